The van der Waals surface area contributed by atoms with Crippen molar-refractivity contribution in [3.05, 3.63) is 34.9 Å². The van der Waals surface area contributed by atoms with Gasteiger partial charge in [-0.05, 0) is 30.7 Å². The second kappa shape index (κ2) is 6.71. The average Bonchev–Trinajstić information content (AvgIpc) is 2.33. The van der Waals surface area contributed by atoms with E-state index in [1.165, 1.54) is 24.3 Å². The Kier molecular flexibility index (Phi) is 5.52. The summed E-state index contributed by atoms with van der Waals surface area (Å²) < 4.78 is 22.1. The minimum absolute atomic E-state index is 0.187. The van der Waals surface area contributed by atoms with Crippen LogP contribution in [0.3, 0.4) is 0 Å². The number of aliphatic carboxylic acids is 1. The Balaban J connectivity index is 2.73. The largest absolute Gasteiger partial charge is 0.480 e. The van der Waals surface area contributed by atoms with Crippen molar-refractivity contribution in [2.24, 2.45) is 0 Å². The number of hydrogen-bond donors (Lipinski definition) is 2. The molecule has 0 saturated heterocycles. The summed E-state index contributed by atoms with van der Waals surface area (Å²) in [6.45, 7) is 0. The number of carbonyl (C=O) groups excluding carboxylic acids is 1. The summed E-state index contributed by atoms with van der Waals surface area (Å²) in [4.78, 5) is 22.8. The summed E-state index contributed by atoms with van der Waals surface area (Å²) in [5, 5.41) is 11.7. The predicted molar refractivity (Wildman–Crippen MR) is 74.7 cm³/mol. The maximum absolute atomic E-state index is 11.8. The van der Waals surface area contributed by atoms with Crippen LogP contribution in [0.15, 0.2) is 24.3 Å². The Morgan fingerprint density at radius 1 is 1.30 bits per heavy atom. The van der Waals surface area contributed by atoms with Crippen molar-refractivity contribution in [3.8, 4) is 0 Å². The lowest BCUT2D eigenvalue weighted by Gasteiger charge is -2.14. The summed E-state index contributed by atoms with van der Waals surface area (Å²) in [7, 11) is -3.29. The molecule has 8 heteroatoms. The van der Waals surface area contributed by atoms with Crippen LogP contribution < -0.4 is 5.32 Å². The zero-order chi connectivity index (χ0) is 15.3. The van der Waals surface area contributed by atoms with Crippen molar-refractivity contribution >= 4 is 33.3 Å². The van der Waals surface area contributed by atoms with Crippen molar-refractivity contribution in [3.63, 3.8) is 0 Å². The van der Waals surface area contributed by atoms with Crippen LogP contribution in [-0.4, -0.2) is 43.5 Å². The lowest BCUT2D eigenvalue weighted by molar-refractivity contribution is -0.139. The number of carboxylic acid groups (broad SMARTS) is 1. The monoisotopic (exact) mass is 319 g/mol. The van der Waals surface area contributed by atoms with Gasteiger partial charge in [0.1, 0.15) is 15.9 Å². The number of nitrogens with one attached hydrogen (secondary N) is 1. The van der Waals surface area contributed by atoms with Crippen molar-refractivity contribution in [1.29, 1.82) is 0 Å². The van der Waals surface area contributed by atoms with E-state index in [4.69, 9.17) is 16.7 Å². The molecular formula is C12H14ClNO5S. The average molecular weight is 320 g/mol. The van der Waals surface area contributed by atoms with Crippen LogP contribution in [0.1, 0.15) is 16.8 Å². The van der Waals surface area contributed by atoms with E-state index < -0.39 is 27.8 Å². The number of hydrogen-bond acceptors (Lipinski definition) is 4. The van der Waals surface area contributed by atoms with Crippen molar-refractivity contribution in [2.75, 3.05) is 12.0 Å². The van der Waals surface area contributed by atoms with E-state index in [0.29, 0.717) is 5.02 Å². The third-order valence-electron chi connectivity index (χ3n) is 2.49. The number of sulfone groups is 1. The molecule has 1 aromatic rings. The third-order valence-corrected chi connectivity index (χ3v) is 3.72. The van der Waals surface area contributed by atoms with E-state index >= 15 is 0 Å². The van der Waals surface area contributed by atoms with Gasteiger partial charge in [-0.25, -0.2) is 13.2 Å². The maximum atomic E-state index is 11.8. The molecule has 1 amide bonds. The molecule has 0 unspecified atom stereocenters. The molecule has 1 rings (SSSR count). The van der Waals surface area contributed by atoms with Gasteiger partial charge < -0.3 is 10.4 Å². The molecule has 0 aromatic heterocycles. The normalized spacial score (nSPS) is 12.7. The first-order chi connectivity index (χ1) is 9.19. The molecule has 0 aliphatic heterocycles. The first-order valence-electron chi connectivity index (χ1n) is 5.66. The molecular weight excluding hydrogens is 306 g/mol. The van der Waals surface area contributed by atoms with Crippen LogP contribution in [-0.2, 0) is 14.6 Å². The predicted octanol–water partition coefficient (Wildman–Crippen LogP) is 0.958. The molecule has 0 saturated carbocycles. The quantitative estimate of drug-likeness (QED) is 0.813. The number of halogens is 1. The molecule has 0 radical (unpaired) electrons. The van der Waals surface area contributed by atoms with E-state index in [-0.39, 0.29) is 17.7 Å². The molecule has 0 spiro atoms. The van der Waals surface area contributed by atoms with E-state index in [1.54, 1.807) is 0 Å². The van der Waals surface area contributed by atoms with E-state index in [1.807, 2.05) is 0 Å². The van der Waals surface area contributed by atoms with Gasteiger partial charge in [0, 0.05) is 16.8 Å². The molecule has 1 atom stereocenters. The topological polar surface area (TPSA) is 101 Å². The molecule has 0 aliphatic rings. The van der Waals surface area contributed by atoms with Gasteiger partial charge in [-0.2, -0.15) is 0 Å². The fourth-order valence-corrected chi connectivity index (χ4v) is 2.22. The molecule has 2 N–H and O–H groups in total. The Labute approximate surface area is 121 Å². The van der Waals surface area contributed by atoms with Crippen molar-refractivity contribution < 1.29 is 23.1 Å². The van der Waals surface area contributed by atoms with Gasteiger partial charge in [0.25, 0.3) is 5.91 Å². The van der Waals surface area contributed by atoms with Crippen LogP contribution >= 0.6 is 11.6 Å². The lowest BCUT2D eigenvalue weighted by atomic mass is 10.1. The Morgan fingerprint density at radius 3 is 2.30 bits per heavy atom. The number of rotatable bonds is 6. The maximum Gasteiger partial charge on any atom is 0.326 e. The zero-order valence-electron chi connectivity index (χ0n) is 10.7. The number of benzene rings is 1. The number of carbonyl (C=O) groups is 2. The van der Waals surface area contributed by atoms with Gasteiger partial charge in [-0.1, -0.05) is 11.6 Å². The van der Waals surface area contributed by atoms with Crippen molar-refractivity contribution in [2.45, 2.75) is 12.5 Å². The SMILES string of the molecule is CS(=O)(=O)CC[C@@H](NC(=O)c1ccc(Cl)cc1)C(=O)O. The first-order valence-corrected chi connectivity index (χ1v) is 8.10. The highest BCUT2D eigenvalue weighted by Crippen LogP contribution is 2.10. The Bertz CT molecular complexity index is 597. The molecule has 6 nitrogen and oxygen atoms in total. The summed E-state index contributed by atoms with van der Waals surface area (Å²) in [6, 6.07) is 4.65. The number of carboxylic acids is 1. The summed E-state index contributed by atoms with van der Waals surface area (Å²) in [5.41, 5.74) is 0.250. The minimum atomic E-state index is -3.29. The number of amides is 1. The lowest BCUT2D eigenvalue weighted by Crippen LogP contribution is -2.41. The smallest absolute Gasteiger partial charge is 0.326 e. The second-order valence-electron chi connectivity index (χ2n) is 4.29. The van der Waals surface area contributed by atoms with Gasteiger partial charge in [-0.3, -0.25) is 4.79 Å². The van der Waals surface area contributed by atoms with E-state index in [9.17, 15) is 18.0 Å². The summed E-state index contributed by atoms with van der Waals surface area (Å²) in [5.74, 6) is -2.19. The van der Waals surface area contributed by atoms with Crippen LogP contribution in [0.25, 0.3) is 0 Å². The van der Waals surface area contributed by atoms with Gasteiger partial charge in [0.05, 0.1) is 5.75 Å². The Morgan fingerprint density at radius 2 is 1.85 bits per heavy atom. The highest BCUT2D eigenvalue weighted by Gasteiger charge is 2.22. The standard InChI is InChI=1S/C12H14ClNO5S/c1-20(18,19)7-6-10(12(16)17)14-11(15)8-2-4-9(13)5-3-8/h2-5,10H,6-7H2,1H3,(H,14,15)(H,16,17)/t10-/m1/s1. The van der Waals surface area contributed by atoms with Crippen LogP contribution in [0.4, 0.5) is 0 Å². The summed E-state index contributed by atoms with van der Waals surface area (Å²) in [6.07, 6.45) is 0.820. The van der Waals surface area contributed by atoms with Gasteiger partial charge in [0.15, 0.2) is 0 Å². The highest BCUT2D eigenvalue weighted by molar-refractivity contribution is 7.90. The van der Waals surface area contributed by atoms with E-state index in [0.717, 1.165) is 6.26 Å². The summed E-state index contributed by atoms with van der Waals surface area (Å²) >= 11 is 5.68. The van der Waals surface area contributed by atoms with Crippen molar-refractivity contribution in [1.82, 2.24) is 5.32 Å². The molecule has 0 fully saturated rings. The van der Waals surface area contributed by atoms with Gasteiger partial charge in [0.2, 0.25) is 0 Å². The van der Waals surface area contributed by atoms with E-state index in [2.05, 4.69) is 5.32 Å². The Hall–Kier alpha value is -1.60. The molecule has 0 bridgehead atoms. The van der Waals surface area contributed by atoms with Gasteiger partial charge in [-0.15, -0.1) is 0 Å². The fraction of sp³-hybridized carbons (Fsp3) is 0.333. The first kappa shape index (κ1) is 16.5. The zero-order valence-corrected chi connectivity index (χ0v) is 12.2. The molecule has 1 aromatic carbocycles. The van der Waals surface area contributed by atoms with Crippen LogP contribution in [0.2, 0.25) is 5.02 Å². The highest BCUT2D eigenvalue weighted by atomic mass is 35.5. The van der Waals surface area contributed by atoms with Crippen LogP contribution in [0, 0.1) is 0 Å². The molecule has 20 heavy (non-hydrogen) atoms. The minimum Gasteiger partial charge on any atom is -0.480 e. The third kappa shape index (κ3) is 5.58. The van der Waals surface area contributed by atoms with Gasteiger partial charge >= 0.3 is 5.97 Å². The second-order valence-corrected chi connectivity index (χ2v) is 6.99. The van der Waals surface area contributed by atoms with Crippen LogP contribution in [0.5, 0.6) is 0 Å². The fourth-order valence-electron chi connectivity index (χ4n) is 1.43. The molecule has 0 heterocycles. The molecule has 110 valence electrons. The molecule has 0 aliphatic carbocycles.